The summed E-state index contributed by atoms with van der Waals surface area (Å²) in [5.41, 5.74) is 0.632. The summed E-state index contributed by atoms with van der Waals surface area (Å²) in [6.07, 6.45) is 0.653. The lowest BCUT2D eigenvalue weighted by Gasteiger charge is -2.20. The minimum atomic E-state index is -0.537. The standard InChI is InChI=1S/C12H15BrN2O2.C2H6/c1-12(2,3)17-11(16)15-10-5-4-9(13)6-8(10)7-14;1-2/h4-7,14H,1-3H3,(H,15,16);1-2H3. The van der Waals surface area contributed by atoms with Crippen LogP contribution >= 0.6 is 15.9 Å². The molecule has 0 unspecified atom stereocenters. The van der Waals surface area contributed by atoms with Crippen LogP contribution in [0.3, 0.4) is 0 Å². The van der Waals surface area contributed by atoms with Crippen molar-refractivity contribution in [1.29, 1.82) is 5.41 Å². The number of hydrogen-bond acceptors (Lipinski definition) is 3. The minimum Gasteiger partial charge on any atom is -0.444 e. The van der Waals surface area contributed by atoms with E-state index in [1.165, 1.54) is 6.21 Å². The number of anilines is 1. The topological polar surface area (TPSA) is 62.2 Å². The Bertz CT molecular complexity index is 440. The van der Waals surface area contributed by atoms with Crippen LogP contribution in [-0.2, 0) is 4.74 Å². The Balaban J connectivity index is 0.00000154. The second kappa shape index (κ2) is 7.94. The van der Waals surface area contributed by atoms with Gasteiger partial charge >= 0.3 is 6.09 Å². The fraction of sp³-hybridized carbons (Fsp3) is 0.429. The molecule has 0 radical (unpaired) electrons. The maximum atomic E-state index is 11.6. The van der Waals surface area contributed by atoms with Gasteiger partial charge in [0.1, 0.15) is 5.60 Å². The summed E-state index contributed by atoms with van der Waals surface area (Å²) >= 11 is 3.30. The van der Waals surface area contributed by atoms with E-state index in [0.717, 1.165) is 4.47 Å². The van der Waals surface area contributed by atoms with E-state index in [1.54, 1.807) is 39.0 Å². The van der Waals surface area contributed by atoms with Gasteiger partial charge in [0.15, 0.2) is 0 Å². The van der Waals surface area contributed by atoms with Gasteiger partial charge in [-0.3, -0.25) is 5.32 Å². The van der Waals surface area contributed by atoms with Gasteiger partial charge in [-0.15, -0.1) is 0 Å². The van der Waals surface area contributed by atoms with E-state index in [2.05, 4.69) is 21.2 Å². The second-order valence-electron chi connectivity index (χ2n) is 4.50. The van der Waals surface area contributed by atoms with Crippen LogP contribution in [0.5, 0.6) is 0 Å². The van der Waals surface area contributed by atoms with Crippen LogP contribution in [0, 0.1) is 5.41 Å². The van der Waals surface area contributed by atoms with E-state index in [0.29, 0.717) is 11.3 Å². The molecule has 2 N–H and O–H groups in total. The van der Waals surface area contributed by atoms with Crippen molar-refractivity contribution in [3.05, 3.63) is 28.2 Å². The molecule has 19 heavy (non-hydrogen) atoms. The van der Waals surface area contributed by atoms with Gasteiger partial charge in [0.05, 0.1) is 5.69 Å². The van der Waals surface area contributed by atoms with Gasteiger partial charge in [-0.1, -0.05) is 29.8 Å². The zero-order valence-corrected chi connectivity index (χ0v) is 13.6. The summed E-state index contributed by atoms with van der Waals surface area (Å²) in [7, 11) is 0. The number of halogens is 1. The third kappa shape index (κ3) is 6.96. The quantitative estimate of drug-likeness (QED) is 0.764. The van der Waals surface area contributed by atoms with E-state index >= 15 is 0 Å². The fourth-order valence-electron chi connectivity index (χ4n) is 1.18. The molecule has 4 nitrogen and oxygen atoms in total. The van der Waals surface area contributed by atoms with Crippen LogP contribution in [-0.4, -0.2) is 17.9 Å². The summed E-state index contributed by atoms with van der Waals surface area (Å²) in [5.74, 6) is 0. The molecular formula is C14H21BrN2O2. The molecule has 0 atom stereocenters. The zero-order valence-electron chi connectivity index (χ0n) is 12.0. The van der Waals surface area contributed by atoms with Crippen LogP contribution in [0.2, 0.25) is 0 Å². The molecule has 1 rings (SSSR count). The number of rotatable bonds is 2. The Morgan fingerprint density at radius 3 is 2.42 bits per heavy atom. The first kappa shape index (κ1) is 17.6. The Morgan fingerprint density at radius 2 is 1.95 bits per heavy atom. The number of ether oxygens (including phenoxy) is 1. The highest BCUT2D eigenvalue weighted by Gasteiger charge is 2.16. The largest absolute Gasteiger partial charge is 0.444 e. The van der Waals surface area contributed by atoms with Crippen molar-refractivity contribution in [3.63, 3.8) is 0 Å². The van der Waals surface area contributed by atoms with Gasteiger partial charge in [-0.05, 0) is 39.0 Å². The molecule has 0 fully saturated rings. The second-order valence-corrected chi connectivity index (χ2v) is 5.42. The molecule has 106 valence electrons. The maximum Gasteiger partial charge on any atom is 0.412 e. The summed E-state index contributed by atoms with van der Waals surface area (Å²) in [6, 6.07) is 5.26. The molecule has 1 aromatic carbocycles. The first-order valence-corrected chi connectivity index (χ1v) is 6.91. The highest BCUT2D eigenvalue weighted by atomic mass is 79.9. The number of amides is 1. The average Bonchev–Trinajstić information content (AvgIpc) is 2.31. The molecule has 1 aromatic rings. The van der Waals surface area contributed by atoms with Gasteiger partial charge in [-0.25, -0.2) is 4.79 Å². The van der Waals surface area contributed by atoms with Crippen molar-refractivity contribution in [2.24, 2.45) is 0 Å². The summed E-state index contributed by atoms with van der Waals surface area (Å²) in [4.78, 5) is 11.6. The van der Waals surface area contributed by atoms with Crippen molar-refractivity contribution < 1.29 is 9.53 Å². The van der Waals surface area contributed by atoms with Crippen molar-refractivity contribution in [3.8, 4) is 0 Å². The average molecular weight is 329 g/mol. The van der Waals surface area contributed by atoms with Crippen molar-refractivity contribution in [2.45, 2.75) is 40.2 Å². The Kier molecular flexibility index (Phi) is 7.37. The van der Waals surface area contributed by atoms with Gasteiger partial charge in [0.2, 0.25) is 0 Å². The third-order valence-electron chi connectivity index (χ3n) is 1.80. The SMILES string of the molecule is CC.CC(C)(C)OC(=O)Nc1ccc(Br)cc1C=N. The van der Waals surface area contributed by atoms with Crippen LogP contribution in [0.25, 0.3) is 0 Å². The van der Waals surface area contributed by atoms with Crippen molar-refractivity contribution >= 4 is 33.9 Å². The monoisotopic (exact) mass is 328 g/mol. The van der Waals surface area contributed by atoms with Crippen LogP contribution in [0.4, 0.5) is 10.5 Å². The molecule has 0 spiro atoms. The van der Waals surface area contributed by atoms with Crippen LogP contribution in [0.15, 0.2) is 22.7 Å². The molecule has 0 aliphatic heterocycles. The lowest BCUT2D eigenvalue weighted by molar-refractivity contribution is 0.0636. The minimum absolute atomic E-state index is 0.525. The van der Waals surface area contributed by atoms with E-state index in [9.17, 15) is 4.79 Å². The summed E-state index contributed by atoms with van der Waals surface area (Å²) < 4.78 is 5.99. The molecular weight excluding hydrogens is 308 g/mol. The van der Waals surface area contributed by atoms with Gasteiger partial charge in [0, 0.05) is 16.3 Å². The van der Waals surface area contributed by atoms with Crippen molar-refractivity contribution in [2.75, 3.05) is 5.32 Å². The number of benzene rings is 1. The van der Waals surface area contributed by atoms with Crippen LogP contribution < -0.4 is 5.32 Å². The van der Waals surface area contributed by atoms with Crippen molar-refractivity contribution in [1.82, 2.24) is 0 Å². The Labute approximate surface area is 123 Å². The first-order chi connectivity index (χ1) is 8.81. The van der Waals surface area contributed by atoms with E-state index in [1.807, 2.05) is 13.8 Å². The molecule has 0 bridgehead atoms. The summed E-state index contributed by atoms with van der Waals surface area (Å²) in [6.45, 7) is 9.39. The number of carbonyl (C=O) groups is 1. The lowest BCUT2D eigenvalue weighted by atomic mass is 10.2. The predicted octanol–water partition coefficient (Wildman–Crippen LogP) is 4.82. The summed E-state index contributed by atoms with van der Waals surface area (Å²) in [5, 5.41) is 9.88. The molecule has 0 aliphatic carbocycles. The molecule has 0 saturated heterocycles. The molecule has 1 amide bonds. The number of carbonyl (C=O) groups excluding carboxylic acids is 1. The predicted molar refractivity (Wildman–Crippen MR) is 83.2 cm³/mol. The highest BCUT2D eigenvalue weighted by molar-refractivity contribution is 9.10. The van der Waals surface area contributed by atoms with E-state index in [4.69, 9.17) is 10.1 Å². The first-order valence-electron chi connectivity index (χ1n) is 6.12. The normalized spacial score (nSPS) is 10.0. The van der Waals surface area contributed by atoms with Gasteiger partial charge in [0.25, 0.3) is 0 Å². The maximum absolute atomic E-state index is 11.6. The smallest absolute Gasteiger partial charge is 0.412 e. The molecule has 0 aromatic heterocycles. The van der Waals surface area contributed by atoms with E-state index < -0.39 is 11.7 Å². The highest BCUT2D eigenvalue weighted by Crippen LogP contribution is 2.20. The lowest BCUT2D eigenvalue weighted by Crippen LogP contribution is -2.27. The molecule has 0 saturated carbocycles. The van der Waals surface area contributed by atoms with Crippen LogP contribution in [0.1, 0.15) is 40.2 Å². The molecule has 0 aliphatic rings. The van der Waals surface area contributed by atoms with Gasteiger partial charge < -0.3 is 10.1 Å². The number of hydrogen-bond donors (Lipinski definition) is 2. The third-order valence-corrected chi connectivity index (χ3v) is 2.30. The van der Waals surface area contributed by atoms with Gasteiger partial charge in [-0.2, -0.15) is 0 Å². The molecule has 0 heterocycles. The molecule has 5 heteroatoms. The Morgan fingerprint density at radius 1 is 1.37 bits per heavy atom. The Hall–Kier alpha value is -1.36. The number of nitrogens with one attached hydrogen (secondary N) is 2. The van der Waals surface area contributed by atoms with E-state index in [-0.39, 0.29) is 0 Å². The fourth-order valence-corrected chi connectivity index (χ4v) is 1.56. The zero-order chi connectivity index (χ0) is 15.1.